The summed E-state index contributed by atoms with van der Waals surface area (Å²) >= 11 is 0. The third kappa shape index (κ3) is 4.52. The SMILES string of the molecule is [2H]c1cc([2H])c2oc3c(-c4cc(-c5nc(-c6ccccc6)nc(-c6ccccc6)n5)ccc4-n4c5ccccc5c5ccccc54)cc([2H])cc3c2c1. The number of nitrogens with zero attached hydrogens (tertiary/aromatic N) is 4. The Kier molecular flexibility index (Phi) is 5.74. The molecule has 7 aromatic carbocycles. The summed E-state index contributed by atoms with van der Waals surface area (Å²) in [5, 5.41) is 3.57. The van der Waals surface area contributed by atoms with Gasteiger partial charge in [0.15, 0.2) is 17.5 Å². The maximum absolute atomic E-state index is 8.99. The smallest absolute Gasteiger partial charge is 0.164 e. The third-order valence-corrected chi connectivity index (χ3v) is 9.26. The predicted molar refractivity (Wildman–Crippen MR) is 203 cm³/mol. The predicted octanol–water partition coefficient (Wildman–Crippen LogP) is 11.5. The van der Waals surface area contributed by atoms with Crippen molar-refractivity contribution in [3.05, 3.63) is 170 Å². The van der Waals surface area contributed by atoms with Gasteiger partial charge in [-0.15, -0.1) is 0 Å². The minimum atomic E-state index is 0.129. The lowest BCUT2D eigenvalue weighted by molar-refractivity contribution is 0.670. The molecule has 0 fully saturated rings. The summed E-state index contributed by atoms with van der Waals surface area (Å²) < 4.78 is 34.7. The Balaban J connectivity index is 1.30. The van der Waals surface area contributed by atoms with Gasteiger partial charge in [0, 0.05) is 49.4 Å². The second-order valence-electron chi connectivity index (χ2n) is 12.2. The van der Waals surface area contributed by atoms with Gasteiger partial charge < -0.3 is 8.98 Å². The van der Waals surface area contributed by atoms with E-state index in [0.717, 1.165) is 49.7 Å². The average molecular weight is 644 g/mol. The lowest BCUT2D eigenvalue weighted by Crippen LogP contribution is -2.02. The number of benzene rings is 7. The van der Waals surface area contributed by atoms with Gasteiger partial charge in [-0.25, -0.2) is 15.0 Å². The summed E-state index contributed by atoms with van der Waals surface area (Å²) in [5.74, 6) is 1.62. The summed E-state index contributed by atoms with van der Waals surface area (Å²) in [6, 6.07) is 50.1. The normalized spacial score (nSPS) is 12.4. The molecule has 10 rings (SSSR count). The van der Waals surface area contributed by atoms with Gasteiger partial charge in [0.05, 0.1) is 20.8 Å². The zero-order valence-electron chi connectivity index (χ0n) is 29.6. The molecular formula is C45H28N4O. The minimum absolute atomic E-state index is 0.129. The maximum Gasteiger partial charge on any atom is 0.164 e. The van der Waals surface area contributed by atoms with Gasteiger partial charge in [-0.2, -0.15) is 0 Å². The first-order chi connectivity index (χ1) is 26.0. The van der Waals surface area contributed by atoms with Crippen LogP contribution in [0, 0.1) is 0 Å². The van der Waals surface area contributed by atoms with Crippen LogP contribution < -0.4 is 0 Å². The first-order valence-electron chi connectivity index (χ1n) is 17.9. The number of hydrogen-bond donors (Lipinski definition) is 0. The van der Waals surface area contributed by atoms with E-state index in [-0.39, 0.29) is 18.1 Å². The van der Waals surface area contributed by atoms with E-state index in [9.17, 15) is 0 Å². The Hall–Kier alpha value is -6.85. The summed E-state index contributed by atoms with van der Waals surface area (Å²) in [6.07, 6.45) is 0. The fraction of sp³-hybridized carbons (Fsp3) is 0. The Morgan fingerprint density at radius 2 is 1.04 bits per heavy atom. The second-order valence-corrected chi connectivity index (χ2v) is 12.2. The number of furan rings is 1. The van der Waals surface area contributed by atoms with Crippen molar-refractivity contribution in [2.45, 2.75) is 0 Å². The van der Waals surface area contributed by atoms with Gasteiger partial charge in [0.1, 0.15) is 11.2 Å². The van der Waals surface area contributed by atoms with Gasteiger partial charge in [0.25, 0.3) is 0 Å². The molecule has 0 aliphatic carbocycles. The molecule has 50 heavy (non-hydrogen) atoms. The molecule has 0 atom stereocenters. The largest absolute Gasteiger partial charge is 0.455 e. The monoisotopic (exact) mass is 643 g/mol. The van der Waals surface area contributed by atoms with E-state index in [1.807, 2.05) is 84.9 Å². The summed E-state index contributed by atoms with van der Waals surface area (Å²) in [5.41, 5.74) is 7.88. The highest BCUT2D eigenvalue weighted by atomic mass is 16.3. The van der Waals surface area contributed by atoms with Crippen molar-refractivity contribution in [1.29, 1.82) is 0 Å². The molecule has 0 aliphatic rings. The van der Waals surface area contributed by atoms with Crippen LogP contribution in [0.15, 0.2) is 174 Å². The van der Waals surface area contributed by atoms with Crippen molar-refractivity contribution in [3.63, 3.8) is 0 Å². The van der Waals surface area contributed by atoms with Crippen molar-refractivity contribution in [2.24, 2.45) is 0 Å². The van der Waals surface area contributed by atoms with Crippen LogP contribution in [0.25, 0.3) is 94.7 Å². The van der Waals surface area contributed by atoms with Gasteiger partial charge in [-0.05, 0) is 36.4 Å². The van der Waals surface area contributed by atoms with Gasteiger partial charge in [-0.3, -0.25) is 0 Å². The van der Waals surface area contributed by atoms with E-state index in [0.29, 0.717) is 45.0 Å². The zero-order chi connectivity index (χ0) is 35.6. The minimum Gasteiger partial charge on any atom is -0.455 e. The molecule has 0 aliphatic heterocycles. The van der Waals surface area contributed by atoms with Crippen molar-refractivity contribution in [3.8, 4) is 51.0 Å². The van der Waals surface area contributed by atoms with E-state index in [4.69, 9.17) is 23.5 Å². The molecule has 0 N–H and O–H groups in total. The molecule has 5 heteroatoms. The molecule has 0 amide bonds. The highest BCUT2D eigenvalue weighted by Crippen LogP contribution is 2.42. The summed E-state index contributed by atoms with van der Waals surface area (Å²) in [7, 11) is 0. The Bertz CT molecular complexity index is 2940. The summed E-state index contributed by atoms with van der Waals surface area (Å²) in [4.78, 5) is 15.0. The molecule has 3 heterocycles. The Labute approximate surface area is 292 Å². The summed E-state index contributed by atoms with van der Waals surface area (Å²) in [6.45, 7) is 0. The van der Waals surface area contributed by atoms with E-state index < -0.39 is 0 Å². The number of para-hydroxylation sites is 4. The molecule has 10 aromatic rings. The lowest BCUT2D eigenvalue weighted by Gasteiger charge is -2.16. The van der Waals surface area contributed by atoms with Gasteiger partial charge in [0.2, 0.25) is 0 Å². The Morgan fingerprint density at radius 1 is 0.460 bits per heavy atom. The Morgan fingerprint density at radius 3 is 1.70 bits per heavy atom. The van der Waals surface area contributed by atoms with E-state index >= 15 is 0 Å². The lowest BCUT2D eigenvalue weighted by atomic mass is 9.98. The molecule has 0 radical (unpaired) electrons. The van der Waals surface area contributed by atoms with Gasteiger partial charge in [-0.1, -0.05) is 133 Å². The fourth-order valence-electron chi connectivity index (χ4n) is 6.96. The molecule has 0 saturated heterocycles. The molecule has 234 valence electrons. The van der Waals surface area contributed by atoms with E-state index in [2.05, 4.69) is 53.1 Å². The zero-order valence-corrected chi connectivity index (χ0v) is 26.6. The third-order valence-electron chi connectivity index (χ3n) is 9.26. The quantitative estimate of drug-likeness (QED) is 0.187. The van der Waals surface area contributed by atoms with Crippen LogP contribution in [0.4, 0.5) is 0 Å². The van der Waals surface area contributed by atoms with Crippen molar-refractivity contribution < 1.29 is 8.53 Å². The maximum atomic E-state index is 8.99. The molecule has 0 saturated carbocycles. The first-order valence-corrected chi connectivity index (χ1v) is 16.4. The van der Waals surface area contributed by atoms with Crippen molar-refractivity contribution in [2.75, 3.05) is 0 Å². The number of rotatable bonds is 5. The molecule has 0 bridgehead atoms. The van der Waals surface area contributed by atoms with Crippen LogP contribution in [0.3, 0.4) is 0 Å². The van der Waals surface area contributed by atoms with Crippen molar-refractivity contribution in [1.82, 2.24) is 19.5 Å². The fourth-order valence-corrected chi connectivity index (χ4v) is 6.96. The van der Waals surface area contributed by atoms with E-state index in [1.54, 1.807) is 12.1 Å². The molecule has 0 unspecified atom stereocenters. The molecule has 3 aromatic heterocycles. The molecule has 0 spiro atoms. The highest BCUT2D eigenvalue weighted by Gasteiger charge is 2.21. The number of hydrogen-bond acceptors (Lipinski definition) is 4. The van der Waals surface area contributed by atoms with Crippen LogP contribution >= 0.6 is 0 Å². The van der Waals surface area contributed by atoms with Crippen LogP contribution in [0.1, 0.15) is 4.11 Å². The second kappa shape index (κ2) is 11.4. The average Bonchev–Trinajstić information content (AvgIpc) is 3.74. The number of aromatic nitrogens is 4. The number of fused-ring (bicyclic) bond motifs is 6. The highest BCUT2D eigenvalue weighted by molar-refractivity contribution is 6.12. The topological polar surface area (TPSA) is 56.7 Å². The van der Waals surface area contributed by atoms with Crippen molar-refractivity contribution >= 4 is 43.7 Å². The van der Waals surface area contributed by atoms with Crippen LogP contribution in [0.2, 0.25) is 0 Å². The van der Waals surface area contributed by atoms with E-state index in [1.165, 1.54) is 6.07 Å². The van der Waals surface area contributed by atoms with Gasteiger partial charge >= 0.3 is 0 Å². The molecule has 5 nitrogen and oxygen atoms in total. The molecular weight excluding hydrogens is 613 g/mol. The standard InChI is InChI=1S/C45H28N4O/c1-3-14-29(15-4-1)43-46-44(30-16-5-2-6-17-30)48-45(47-43)31-26-27-40(49-38-23-10-7-18-32(38)33-19-8-11-24-39(33)49)37(28-31)36-22-13-21-35-34-20-9-12-25-41(34)50-42(35)36/h1-28H/i9D,13D,25D. The van der Waals surface area contributed by atoms with Crippen LogP contribution in [0.5, 0.6) is 0 Å². The van der Waals surface area contributed by atoms with Crippen LogP contribution in [-0.4, -0.2) is 19.5 Å². The first kappa shape index (κ1) is 25.2. The van der Waals surface area contributed by atoms with Crippen LogP contribution in [-0.2, 0) is 0 Å².